The van der Waals surface area contributed by atoms with Gasteiger partial charge in [-0.15, -0.1) is 0 Å². The summed E-state index contributed by atoms with van der Waals surface area (Å²) in [7, 11) is 0. The quantitative estimate of drug-likeness (QED) is 0.480. The highest BCUT2D eigenvalue weighted by molar-refractivity contribution is 5.36. The van der Waals surface area contributed by atoms with Crippen LogP contribution in [0.25, 0.3) is 0 Å². The minimum Gasteiger partial charge on any atom is -0.455 e. The van der Waals surface area contributed by atoms with Gasteiger partial charge < -0.3 is 19.3 Å². The molecule has 0 bridgehead atoms. The first-order chi connectivity index (χ1) is 8.28. The molecule has 1 N–H and O–H groups in total. The average Bonchev–Trinajstić information content (AvgIpc) is 2.97. The van der Waals surface area contributed by atoms with Crippen molar-refractivity contribution < 1.29 is 19.3 Å². The highest BCUT2D eigenvalue weighted by Crippen LogP contribution is 2.52. The molecule has 4 nitrogen and oxygen atoms in total. The molecular formula is C13H10O4. The SMILES string of the molecule is CC#CC#CC=C1O[C@@]2(OC=C[C@@H]2O)[C@@H]2O[C@H]12. The van der Waals surface area contributed by atoms with Gasteiger partial charge in [-0.2, -0.15) is 0 Å². The van der Waals surface area contributed by atoms with Gasteiger partial charge in [-0.1, -0.05) is 11.8 Å². The summed E-state index contributed by atoms with van der Waals surface area (Å²) in [6, 6.07) is 0. The van der Waals surface area contributed by atoms with Gasteiger partial charge in [0.15, 0.2) is 18.3 Å². The van der Waals surface area contributed by atoms with Crippen LogP contribution in [0, 0.1) is 23.7 Å². The number of allylic oxidation sites excluding steroid dienone is 1. The second-order valence-corrected chi connectivity index (χ2v) is 3.88. The maximum Gasteiger partial charge on any atom is 0.309 e. The Morgan fingerprint density at radius 3 is 3.06 bits per heavy atom. The van der Waals surface area contributed by atoms with Gasteiger partial charge in [0, 0.05) is 6.08 Å². The number of ether oxygens (including phenoxy) is 3. The fraction of sp³-hybridized carbons (Fsp3) is 0.385. The smallest absolute Gasteiger partial charge is 0.309 e. The molecule has 3 heterocycles. The first-order valence-electron chi connectivity index (χ1n) is 5.27. The van der Waals surface area contributed by atoms with Crippen LogP contribution in [-0.4, -0.2) is 29.2 Å². The van der Waals surface area contributed by atoms with E-state index >= 15 is 0 Å². The van der Waals surface area contributed by atoms with Crippen molar-refractivity contribution in [2.45, 2.75) is 31.0 Å². The van der Waals surface area contributed by atoms with E-state index in [0.717, 1.165) is 0 Å². The van der Waals surface area contributed by atoms with Crippen LogP contribution < -0.4 is 0 Å². The Hall–Kier alpha value is -1.88. The second kappa shape index (κ2) is 3.56. The summed E-state index contributed by atoms with van der Waals surface area (Å²) in [6.07, 6.45) is 3.35. The third-order valence-corrected chi connectivity index (χ3v) is 2.85. The standard InChI is InChI=1S/C13H10O4/c1-2-3-4-5-6-9-11-12(16-11)13(17-9)10(14)7-8-15-13/h6-8,10-12,14H,1H3/t10-,11+,12+,13+/m0/s1. The van der Waals surface area contributed by atoms with Crippen molar-refractivity contribution in [1.29, 1.82) is 0 Å². The zero-order valence-corrected chi connectivity index (χ0v) is 9.14. The molecular weight excluding hydrogens is 220 g/mol. The number of epoxide rings is 1. The van der Waals surface area contributed by atoms with Crippen molar-refractivity contribution in [1.82, 2.24) is 0 Å². The summed E-state index contributed by atoms with van der Waals surface area (Å²) in [6.45, 7) is 1.72. The van der Waals surface area contributed by atoms with E-state index < -0.39 is 11.9 Å². The van der Waals surface area contributed by atoms with Crippen LogP contribution in [0.5, 0.6) is 0 Å². The first kappa shape index (κ1) is 10.3. The van der Waals surface area contributed by atoms with Gasteiger partial charge >= 0.3 is 5.79 Å². The van der Waals surface area contributed by atoms with E-state index in [2.05, 4.69) is 23.7 Å². The molecule has 0 unspecified atom stereocenters. The van der Waals surface area contributed by atoms with Gasteiger partial charge in [0.2, 0.25) is 0 Å². The lowest BCUT2D eigenvalue weighted by Gasteiger charge is -2.27. The van der Waals surface area contributed by atoms with Crippen molar-refractivity contribution in [2.24, 2.45) is 0 Å². The molecule has 0 aromatic carbocycles. The summed E-state index contributed by atoms with van der Waals surface area (Å²) in [5.41, 5.74) is 0. The topological polar surface area (TPSA) is 51.2 Å². The van der Waals surface area contributed by atoms with Crippen molar-refractivity contribution >= 4 is 0 Å². The van der Waals surface area contributed by atoms with Crippen molar-refractivity contribution in [3.05, 3.63) is 24.2 Å². The lowest BCUT2D eigenvalue weighted by Crippen LogP contribution is -2.44. The Kier molecular flexibility index (Phi) is 2.16. The van der Waals surface area contributed by atoms with E-state index in [1.807, 2.05) is 0 Å². The number of rotatable bonds is 0. The van der Waals surface area contributed by atoms with Crippen molar-refractivity contribution in [3.8, 4) is 23.7 Å². The number of fused-ring (bicyclic) bond motifs is 2. The van der Waals surface area contributed by atoms with Crippen molar-refractivity contribution in [3.63, 3.8) is 0 Å². The highest BCUT2D eigenvalue weighted by Gasteiger charge is 2.71. The van der Waals surface area contributed by atoms with Crippen LogP contribution >= 0.6 is 0 Å². The van der Waals surface area contributed by atoms with E-state index in [-0.39, 0.29) is 12.2 Å². The Balaban J connectivity index is 1.80. The molecule has 0 aromatic heterocycles. The maximum absolute atomic E-state index is 9.80. The van der Waals surface area contributed by atoms with Gasteiger partial charge in [-0.3, -0.25) is 0 Å². The lowest BCUT2D eigenvalue weighted by atomic mass is 10.1. The minimum absolute atomic E-state index is 0.159. The Bertz CT molecular complexity index is 525. The second-order valence-electron chi connectivity index (χ2n) is 3.88. The zero-order valence-electron chi connectivity index (χ0n) is 9.14. The summed E-state index contributed by atoms with van der Waals surface area (Å²) in [5, 5.41) is 9.80. The predicted octanol–water partition coefficient (Wildman–Crippen LogP) is 0.296. The molecule has 1 spiro atoms. The largest absolute Gasteiger partial charge is 0.455 e. The van der Waals surface area contributed by atoms with Crippen LogP contribution in [0.4, 0.5) is 0 Å². The van der Waals surface area contributed by atoms with E-state index in [9.17, 15) is 5.11 Å². The Morgan fingerprint density at radius 1 is 1.47 bits per heavy atom. The molecule has 4 atom stereocenters. The molecule has 2 fully saturated rings. The van der Waals surface area contributed by atoms with Crippen LogP contribution in [0.1, 0.15) is 6.92 Å². The first-order valence-corrected chi connectivity index (χ1v) is 5.27. The summed E-state index contributed by atoms with van der Waals surface area (Å²) in [5.74, 6) is 10.2. The van der Waals surface area contributed by atoms with Gasteiger partial charge in [0.05, 0.1) is 6.26 Å². The minimum atomic E-state index is -1.10. The van der Waals surface area contributed by atoms with Gasteiger partial charge in [-0.05, 0) is 24.8 Å². The zero-order chi connectivity index (χ0) is 11.9. The van der Waals surface area contributed by atoms with Crippen LogP contribution in [0.2, 0.25) is 0 Å². The molecule has 17 heavy (non-hydrogen) atoms. The molecule has 0 amide bonds. The van der Waals surface area contributed by atoms with E-state index in [0.29, 0.717) is 5.76 Å². The lowest BCUT2D eigenvalue weighted by molar-refractivity contribution is -0.218. The van der Waals surface area contributed by atoms with Gasteiger partial charge in [-0.25, -0.2) is 0 Å². The summed E-state index contributed by atoms with van der Waals surface area (Å²) < 4.78 is 16.4. The molecule has 0 aliphatic carbocycles. The monoisotopic (exact) mass is 230 g/mol. The molecule has 3 aliphatic rings. The molecule has 0 saturated carbocycles. The Morgan fingerprint density at radius 2 is 2.35 bits per heavy atom. The van der Waals surface area contributed by atoms with Gasteiger partial charge in [0.25, 0.3) is 0 Å². The molecule has 3 rings (SSSR count). The normalized spacial score (nSPS) is 42.0. The van der Waals surface area contributed by atoms with Crippen molar-refractivity contribution in [2.75, 3.05) is 0 Å². The molecule has 0 radical (unpaired) electrons. The molecule has 86 valence electrons. The van der Waals surface area contributed by atoms with Crippen LogP contribution in [0.3, 0.4) is 0 Å². The highest BCUT2D eigenvalue weighted by atomic mass is 16.8. The Labute approximate surface area is 98.9 Å². The van der Waals surface area contributed by atoms with Crippen LogP contribution in [0.15, 0.2) is 24.2 Å². The molecule has 4 heteroatoms. The maximum atomic E-state index is 9.80. The number of hydrogen-bond donors (Lipinski definition) is 1. The van der Waals surface area contributed by atoms with Gasteiger partial charge in [0.1, 0.15) is 5.76 Å². The van der Waals surface area contributed by atoms with E-state index in [1.54, 1.807) is 13.0 Å². The summed E-state index contributed by atoms with van der Waals surface area (Å²) >= 11 is 0. The molecule has 2 saturated heterocycles. The fourth-order valence-corrected chi connectivity index (χ4v) is 2.00. The van der Waals surface area contributed by atoms with Crippen LogP contribution in [-0.2, 0) is 14.2 Å². The van der Waals surface area contributed by atoms with E-state index in [1.165, 1.54) is 12.3 Å². The molecule has 0 aromatic rings. The average molecular weight is 230 g/mol. The number of aliphatic hydroxyl groups excluding tert-OH is 1. The fourth-order valence-electron chi connectivity index (χ4n) is 2.00. The predicted molar refractivity (Wildman–Crippen MR) is 58.0 cm³/mol. The van der Waals surface area contributed by atoms with E-state index in [4.69, 9.17) is 14.2 Å². The number of hydrogen-bond acceptors (Lipinski definition) is 4. The third-order valence-electron chi connectivity index (χ3n) is 2.85. The summed E-state index contributed by atoms with van der Waals surface area (Å²) in [4.78, 5) is 0. The third kappa shape index (κ3) is 1.43. The molecule has 3 aliphatic heterocycles. The number of aliphatic hydroxyl groups is 1.